The fraction of sp³-hybridized carbons (Fsp3) is 0.100. The van der Waals surface area contributed by atoms with Crippen LogP contribution in [0.5, 0.6) is 0 Å². The third kappa shape index (κ3) is 2.42. The highest BCUT2D eigenvalue weighted by Crippen LogP contribution is 2.10. The summed E-state index contributed by atoms with van der Waals surface area (Å²) in [6.45, 7) is 4.17. The molecule has 2 N–H and O–H groups in total. The van der Waals surface area contributed by atoms with Crippen LogP contribution in [0.25, 0.3) is 0 Å². The van der Waals surface area contributed by atoms with Crippen LogP contribution in [0.4, 0.5) is 5.69 Å². The highest BCUT2D eigenvalue weighted by atomic mass is 16.1. The van der Waals surface area contributed by atoms with Crippen LogP contribution in [0, 0.1) is 0 Å². The molecule has 0 spiro atoms. The van der Waals surface area contributed by atoms with Gasteiger partial charge in [0.15, 0.2) is 0 Å². The fourth-order valence-corrected chi connectivity index (χ4v) is 0.989. The Hall–Kier alpha value is -1.61. The third-order valence-electron chi connectivity index (χ3n) is 1.69. The largest absolute Gasteiger partial charge is 0.307 e. The third-order valence-corrected chi connectivity index (χ3v) is 1.69. The average molecular weight is 176 g/mol. The van der Waals surface area contributed by atoms with Gasteiger partial charge in [-0.25, -0.2) is 5.84 Å². The SMILES string of the molecule is C=CCN(N)c1ccc(C=O)cc1. The Morgan fingerprint density at radius 1 is 1.38 bits per heavy atom. The van der Waals surface area contributed by atoms with E-state index in [9.17, 15) is 4.79 Å². The molecule has 1 aromatic carbocycles. The molecule has 0 fully saturated rings. The van der Waals surface area contributed by atoms with Gasteiger partial charge < -0.3 is 5.01 Å². The van der Waals surface area contributed by atoms with Gasteiger partial charge in [-0.1, -0.05) is 6.08 Å². The minimum Gasteiger partial charge on any atom is -0.307 e. The van der Waals surface area contributed by atoms with Gasteiger partial charge in [0.2, 0.25) is 0 Å². The van der Waals surface area contributed by atoms with E-state index in [-0.39, 0.29) is 0 Å². The quantitative estimate of drug-likeness (QED) is 0.326. The zero-order valence-electron chi connectivity index (χ0n) is 7.31. The van der Waals surface area contributed by atoms with Crippen molar-refractivity contribution in [3.63, 3.8) is 0 Å². The number of aldehydes is 1. The summed E-state index contributed by atoms with van der Waals surface area (Å²) >= 11 is 0. The van der Waals surface area contributed by atoms with Gasteiger partial charge in [0.25, 0.3) is 0 Å². The van der Waals surface area contributed by atoms with Gasteiger partial charge in [-0.15, -0.1) is 6.58 Å². The van der Waals surface area contributed by atoms with E-state index in [1.807, 2.05) is 0 Å². The summed E-state index contributed by atoms with van der Waals surface area (Å²) in [5.41, 5.74) is 1.52. The molecule has 3 heteroatoms. The normalized spacial score (nSPS) is 9.31. The zero-order valence-corrected chi connectivity index (χ0v) is 7.31. The second-order valence-corrected chi connectivity index (χ2v) is 2.65. The smallest absolute Gasteiger partial charge is 0.150 e. The number of carbonyl (C=O) groups is 1. The molecule has 0 aliphatic rings. The van der Waals surface area contributed by atoms with Crippen molar-refractivity contribution in [3.05, 3.63) is 42.5 Å². The number of hydrazine groups is 1. The summed E-state index contributed by atoms with van der Waals surface area (Å²) in [6.07, 6.45) is 2.52. The van der Waals surface area contributed by atoms with E-state index >= 15 is 0 Å². The summed E-state index contributed by atoms with van der Waals surface area (Å²) in [5, 5.41) is 1.56. The first-order valence-electron chi connectivity index (χ1n) is 3.96. The molecule has 3 nitrogen and oxygen atoms in total. The van der Waals surface area contributed by atoms with Crippen LogP contribution in [-0.2, 0) is 0 Å². The lowest BCUT2D eigenvalue weighted by Crippen LogP contribution is -2.30. The summed E-state index contributed by atoms with van der Waals surface area (Å²) < 4.78 is 0. The Kier molecular flexibility index (Phi) is 3.23. The first-order chi connectivity index (χ1) is 6.27. The van der Waals surface area contributed by atoms with Gasteiger partial charge in [0, 0.05) is 5.56 Å². The molecule has 68 valence electrons. The van der Waals surface area contributed by atoms with Crippen LogP contribution >= 0.6 is 0 Å². The topological polar surface area (TPSA) is 46.3 Å². The van der Waals surface area contributed by atoms with Gasteiger partial charge in [-0.05, 0) is 24.3 Å². The Morgan fingerprint density at radius 2 is 2.00 bits per heavy atom. The molecule has 0 aromatic heterocycles. The van der Waals surface area contributed by atoms with E-state index in [2.05, 4.69) is 6.58 Å². The van der Waals surface area contributed by atoms with Crippen molar-refractivity contribution in [2.45, 2.75) is 0 Å². The van der Waals surface area contributed by atoms with Crippen LogP contribution in [-0.4, -0.2) is 12.8 Å². The van der Waals surface area contributed by atoms with Crippen LogP contribution in [0.1, 0.15) is 10.4 Å². The van der Waals surface area contributed by atoms with Crippen molar-refractivity contribution in [3.8, 4) is 0 Å². The van der Waals surface area contributed by atoms with Gasteiger partial charge in [-0.3, -0.25) is 4.79 Å². The number of rotatable bonds is 4. The number of hydrogen-bond acceptors (Lipinski definition) is 3. The second-order valence-electron chi connectivity index (χ2n) is 2.65. The molecule has 0 saturated heterocycles. The minimum atomic E-state index is 0.584. The van der Waals surface area contributed by atoms with Crippen LogP contribution in [0.3, 0.4) is 0 Å². The molecule has 13 heavy (non-hydrogen) atoms. The van der Waals surface area contributed by atoms with E-state index in [4.69, 9.17) is 5.84 Å². The lowest BCUT2D eigenvalue weighted by atomic mass is 10.2. The monoisotopic (exact) mass is 176 g/mol. The molecule has 1 aromatic rings. The highest BCUT2D eigenvalue weighted by molar-refractivity contribution is 5.75. The van der Waals surface area contributed by atoms with E-state index < -0.39 is 0 Å². The minimum absolute atomic E-state index is 0.584. The highest BCUT2D eigenvalue weighted by Gasteiger charge is 1.97. The van der Waals surface area contributed by atoms with Gasteiger partial charge >= 0.3 is 0 Å². The van der Waals surface area contributed by atoms with Crippen LogP contribution < -0.4 is 10.9 Å². The lowest BCUT2D eigenvalue weighted by molar-refractivity contribution is 0.112. The maximum Gasteiger partial charge on any atom is 0.150 e. The average Bonchev–Trinajstić information content (AvgIpc) is 2.18. The van der Waals surface area contributed by atoms with Crippen molar-refractivity contribution in [1.29, 1.82) is 0 Å². The summed E-state index contributed by atoms with van der Waals surface area (Å²) in [4.78, 5) is 10.4. The van der Waals surface area contributed by atoms with Crippen molar-refractivity contribution < 1.29 is 4.79 Å². The van der Waals surface area contributed by atoms with Crippen molar-refractivity contribution in [1.82, 2.24) is 0 Å². The predicted octanol–water partition coefficient (Wildman–Crippen LogP) is 1.37. The fourth-order valence-electron chi connectivity index (χ4n) is 0.989. The number of nitrogens with two attached hydrogens (primary N) is 1. The molecular formula is C10H12N2O. The maximum absolute atomic E-state index is 10.4. The first-order valence-corrected chi connectivity index (χ1v) is 3.96. The van der Waals surface area contributed by atoms with Crippen molar-refractivity contribution >= 4 is 12.0 Å². The zero-order chi connectivity index (χ0) is 9.68. The molecule has 0 heterocycles. The van der Waals surface area contributed by atoms with Gasteiger partial charge in [-0.2, -0.15) is 0 Å². The first kappa shape index (κ1) is 9.48. The molecule has 1 rings (SSSR count). The molecule has 0 aliphatic heterocycles. The van der Waals surface area contributed by atoms with Gasteiger partial charge in [0.05, 0.1) is 12.2 Å². The Labute approximate surface area is 77.4 Å². The van der Waals surface area contributed by atoms with Crippen molar-refractivity contribution in [2.75, 3.05) is 11.6 Å². The maximum atomic E-state index is 10.4. The second kappa shape index (κ2) is 4.42. The lowest BCUT2D eigenvalue weighted by Gasteiger charge is -2.15. The number of benzene rings is 1. The number of anilines is 1. The van der Waals surface area contributed by atoms with E-state index in [1.54, 1.807) is 35.4 Å². The van der Waals surface area contributed by atoms with E-state index in [0.29, 0.717) is 12.1 Å². The Bertz CT molecular complexity index is 292. The van der Waals surface area contributed by atoms with Crippen LogP contribution in [0.2, 0.25) is 0 Å². The Morgan fingerprint density at radius 3 is 2.46 bits per heavy atom. The Balaban J connectivity index is 2.78. The summed E-state index contributed by atoms with van der Waals surface area (Å²) in [5.74, 6) is 5.67. The molecule has 0 aliphatic carbocycles. The standard InChI is InChI=1S/C10H12N2O/c1-2-7-12(11)10-5-3-9(8-13)4-6-10/h2-6,8H,1,7,11H2. The van der Waals surface area contributed by atoms with Crippen molar-refractivity contribution in [2.24, 2.45) is 5.84 Å². The molecule has 0 saturated carbocycles. The van der Waals surface area contributed by atoms with E-state index in [1.165, 1.54) is 0 Å². The molecular weight excluding hydrogens is 164 g/mol. The number of carbonyl (C=O) groups excluding carboxylic acids is 1. The predicted molar refractivity (Wildman–Crippen MR) is 53.6 cm³/mol. The van der Waals surface area contributed by atoms with Gasteiger partial charge in [0.1, 0.15) is 6.29 Å². The number of nitrogens with zero attached hydrogens (tertiary/aromatic N) is 1. The summed E-state index contributed by atoms with van der Waals surface area (Å²) in [7, 11) is 0. The molecule has 0 atom stereocenters. The van der Waals surface area contributed by atoms with E-state index in [0.717, 1.165) is 12.0 Å². The molecule has 0 unspecified atom stereocenters. The molecule has 0 amide bonds. The molecule has 0 bridgehead atoms. The van der Waals surface area contributed by atoms with Crippen LogP contribution in [0.15, 0.2) is 36.9 Å². The molecule has 0 radical (unpaired) electrons. The number of hydrogen-bond donors (Lipinski definition) is 1. The summed E-state index contributed by atoms with van der Waals surface area (Å²) in [6, 6.07) is 7.05.